The van der Waals surface area contributed by atoms with Crippen molar-refractivity contribution in [3.8, 4) is 0 Å². The van der Waals surface area contributed by atoms with Gasteiger partial charge in [0.25, 0.3) is 11.5 Å². The highest BCUT2D eigenvalue weighted by Crippen LogP contribution is 2.52. The van der Waals surface area contributed by atoms with E-state index < -0.39 is 29.2 Å². The van der Waals surface area contributed by atoms with Gasteiger partial charge in [0, 0.05) is 25.4 Å². The second kappa shape index (κ2) is 9.09. The lowest BCUT2D eigenvalue weighted by Gasteiger charge is -2.30. The summed E-state index contributed by atoms with van der Waals surface area (Å²) in [6, 6.07) is 6.17. The molecule has 1 saturated carbocycles. The van der Waals surface area contributed by atoms with Crippen LogP contribution in [0.2, 0.25) is 0 Å². The second-order valence-corrected chi connectivity index (χ2v) is 10.1. The Balaban J connectivity index is 1.38. The van der Waals surface area contributed by atoms with E-state index in [0.717, 1.165) is 42.2 Å². The minimum Gasteiger partial charge on any atom is -0.378 e. The monoisotopic (exact) mass is 512 g/mol. The summed E-state index contributed by atoms with van der Waals surface area (Å²) in [6.45, 7) is 4.30. The van der Waals surface area contributed by atoms with Crippen LogP contribution in [0.15, 0.2) is 47.5 Å². The van der Waals surface area contributed by atoms with Crippen molar-refractivity contribution in [3.63, 3.8) is 0 Å². The minimum absolute atomic E-state index is 0.0792. The number of aliphatic hydroxyl groups is 1. The molecule has 194 valence electrons. The largest absolute Gasteiger partial charge is 0.416 e. The molecular weight excluding hydrogens is 485 g/mol. The van der Waals surface area contributed by atoms with Gasteiger partial charge in [-0.1, -0.05) is 32.0 Å². The fourth-order valence-electron chi connectivity index (χ4n) is 4.86. The number of benzene rings is 1. The van der Waals surface area contributed by atoms with Gasteiger partial charge in [-0.15, -0.1) is 0 Å². The number of amides is 1. The lowest BCUT2D eigenvalue weighted by molar-refractivity contribution is -0.142. The van der Waals surface area contributed by atoms with E-state index in [9.17, 15) is 27.9 Å². The number of carbonyl (C=O) groups excluding carboxylic acids is 1. The first kappa shape index (κ1) is 25.1. The number of nitrogens with zero attached hydrogens (tertiary/aromatic N) is 3. The Labute approximate surface area is 211 Å². The molecule has 10 heteroatoms. The molecule has 0 unspecified atom stereocenters. The second-order valence-electron chi connectivity index (χ2n) is 10.1. The lowest BCUT2D eigenvalue weighted by atomic mass is 9.92. The summed E-state index contributed by atoms with van der Waals surface area (Å²) in [7, 11) is 0. The summed E-state index contributed by atoms with van der Waals surface area (Å²) in [6.07, 6.45) is -0.735. The molecule has 1 fully saturated rings. The zero-order valence-corrected chi connectivity index (χ0v) is 20.5. The summed E-state index contributed by atoms with van der Waals surface area (Å²) in [5.74, 6) is 0.139. The van der Waals surface area contributed by atoms with Crippen LogP contribution in [0.4, 0.5) is 13.2 Å². The minimum atomic E-state index is -4.59. The fourth-order valence-corrected chi connectivity index (χ4v) is 4.86. The summed E-state index contributed by atoms with van der Waals surface area (Å²) in [4.78, 5) is 39.4. The van der Waals surface area contributed by atoms with Gasteiger partial charge in [0.2, 0.25) is 0 Å². The Kier molecular flexibility index (Phi) is 6.18. The van der Waals surface area contributed by atoms with Crippen molar-refractivity contribution in [1.82, 2.24) is 19.9 Å². The summed E-state index contributed by atoms with van der Waals surface area (Å²) < 4.78 is 39.2. The number of H-pyrrole nitrogens is 1. The van der Waals surface area contributed by atoms with Crippen LogP contribution in [0.5, 0.6) is 0 Å². The van der Waals surface area contributed by atoms with Crippen LogP contribution < -0.4 is 5.56 Å². The zero-order valence-electron chi connectivity index (χ0n) is 20.5. The van der Waals surface area contributed by atoms with E-state index in [1.54, 1.807) is 0 Å². The lowest BCUT2D eigenvalue weighted by Crippen LogP contribution is -2.42. The number of nitrogens with one attached hydrogen (secondary N) is 1. The first-order chi connectivity index (χ1) is 17.5. The summed E-state index contributed by atoms with van der Waals surface area (Å²) in [5.41, 5.74) is 1.19. The Morgan fingerprint density at radius 1 is 1.16 bits per heavy atom. The van der Waals surface area contributed by atoms with Crippen LogP contribution in [-0.2, 0) is 29.4 Å². The van der Waals surface area contributed by atoms with Crippen LogP contribution >= 0.6 is 0 Å². The highest BCUT2D eigenvalue weighted by atomic mass is 19.4. The van der Waals surface area contributed by atoms with Crippen molar-refractivity contribution in [2.24, 2.45) is 0 Å². The highest BCUT2D eigenvalue weighted by molar-refractivity contribution is 5.82. The van der Waals surface area contributed by atoms with E-state index in [1.165, 1.54) is 11.0 Å². The summed E-state index contributed by atoms with van der Waals surface area (Å²) in [5, 5.41) is 10.5. The molecule has 5 rings (SSSR count). The maximum atomic E-state index is 13.1. The van der Waals surface area contributed by atoms with Crippen LogP contribution in [-0.4, -0.2) is 37.4 Å². The number of aromatic amines is 1. The van der Waals surface area contributed by atoms with Gasteiger partial charge in [0.05, 0.1) is 28.8 Å². The number of aromatic nitrogens is 3. The molecule has 3 aromatic rings. The first-order valence-electron chi connectivity index (χ1n) is 12.2. The number of carbonyl (C=O) groups is 1. The number of rotatable bonds is 5. The average molecular weight is 513 g/mol. The molecule has 7 nitrogen and oxygen atoms in total. The third kappa shape index (κ3) is 4.66. The molecule has 2 aliphatic rings. The van der Waals surface area contributed by atoms with E-state index in [2.05, 4.69) is 29.9 Å². The standard InChI is InChI=1S/C27H27F3N4O3/c1-15(2)17-11-19(13-31-12-17)26(7-8-26)25-32-21-6-9-34(14-20(21)23(36)33-25)24(37)22(35)16-4-3-5-18(10-16)27(28,29)30/h3-5,10-13,15,22,35H,6-9,14H2,1-2H3,(H,32,33,36)/t22-/m1/s1. The number of alkyl halides is 3. The first-order valence-corrected chi connectivity index (χ1v) is 12.2. The van der Waals surface area contributed by atoms with Crippen LogP contribution in [0.25, 0.3) is 0 Å². The molecule has 1 atom stereocenters. The molecule has 0 spiro atoms. The molecule has 1 aliphatic carbocycles. The Hall–Kier alpha value is -3.53. The zero-order chi connectivity index (χ0) is 26.5. The van der Waals surface area contributed by atoms with E-state index in [-0.39, 0.29) is 24.2 Å². The molecule has 0 bridgehead atoms. The predicted octanol–water partition coefficient (Wildman–Crippen LogP) is 4.01. The smallest absolute Gasteiger partial charge is 0.378 e. The summed E-state index contributed by atoms with van der Waals surface area (Å²) >= 11 is 0. The van der Waals surface area contributed by atoms with Gasteiger partial charge >= 0.3 is 6.18 Å². The normalized spacial score (nSPS) is 17.4. The quantitative estimate of drug-likeness (QED) is 0.538. The SMILES string of the molecule is CC(C)c1cncc(C2(c3nc4c(c(=O)[nH]3)CN(C(=O)[C@H](O)c3cccc(C(F)(F)F)c3)CC4)CC2)c1. The fraction of sp³-hybridized carbons (Fsp3) is 0.407. The van der Waals surface area contributed by atoms with E-state index >= 15 is 0 Å². The van der Waals surface area contributed by atoms with Crippen molar-refractivity contribution >= 4 is 5.91 Å². The molecule has 1 amide bonds. The highest BCUT2D eigenvalue weighted by Gasteiger charge is 2.49. The Morgan fingerprint density at radius 2 is 1.92 bits per heavy atom. The van der Waals surface area contributed by atoms with Crippen molar-refractivity contribution in [2.75, 3.05) is 6.54 Å². The third-order valence-electron chi connectivity index (χ3n) is 7.33. The molecule has 2 aromatic heterocycles. The van der Waals surface area contributed by atoms with Gasteiger partial charge in [-0.3, -0.25) is 14.6 Å². The van der Waals surface area contributed by atoms with E-state index in [0.29, 0.717) is 29.4 Å². The van der Waals surface area contributed by atoms with Gasteiger partial charge in [-0.2, -0.15) is 13.2 Å². The van der Waals surface area contributed by atoms with Crippen LogP contribution in [0.3, 0.4) is 0 Å². The van der Waals surface area contributed by atoms with Gasteiger partial charge in [-0.05, 0) is 47.6 Å². The molecule has 37 heavy (non-hydrogen) atoms. The molecule has 1 aliphatic heterocycles. The van der Waals surface area contributed by atoms with E-state index in [1.807, 2.05) is 12.4 Å². The van der Waals surface area contributed by atoms with Gasteiger partial charge in [0.1, 0.15) is 5.82 Å². The average Bonchev–Trinajstić information content (AvgIpc) is 3.69. The predicted molar refractivity (Wildman–Crippen MR) is 129 cm³/mol. The maximum absolute atomic E-state index is 13.1. The van der Waals surface area contributed by atoms with Crippen molar-refractivity contribution in [1.29, 1.82) is 0 Å². The van der Waals surface area contributed by atoms with Gasteiger partial charge < -0.3 is 15.0 Å². The molecular formula is C27H27F3N4O3. The van der Waals surface area contributed by atoms with Crippen LogP contribution in [0, 0.1) is 0 Å². The molecule has 1 aromatic carbocycles. The van der Waals surface area contributed by atoms with E-state index in [4.69, 9.17) is 4.98 Å². The van der Waals surface area contributed by atoms with Crippen molar-refractivity contribution < 1.29 is 23.1 Å². The number of aliphatic hydroxyl groups excluding tert-OH is 1. The molecule has 2 N–H and O–H groups in total. The van der Waals surface area contributed by atoms with Crippen LogP contribution in [0.1, 0.15) is 78.0 Å². The number of halogens is 3. The number of pyridine rings is 1. The Morgan fingerprint density at radius 3 is 2.59 bits per heavy atom. The maximum Gasteiger partial charge on any atom is 0.416 e. The van der Waals surface area contributed by atoms with Crippen molar-refractivity contribution in [3.05, 3.63) is 92.4 Å². The molecule has 0 saturated heterocycles. The number of fused-ring (bicyclic) bond motifs is 1. The van der Waals surface area contributed by atoms with Gasteiger partial charge in [0.15, 0.2) is 6.10 Å². The number of hydrogen-bond donors (Lipinski definition) is 2. The molecule has 3 heterocycles. The molecule has 0 radical (unpaired) electrons. The van der Waals surface area contributed by atoms with Gasteiger partial charge in [-0.25, -0.2) is 4.98 Å². The number of hydrogen-bond acceptors (Lipinski definition) is 5. The Bertz CT molecular complexity index is 1410. The van der Waals surface area contributed by atoms with Crippen molar-refractivity contribution in [2.45, 2.75) is 63.3 Å². The topological polar surface area (TPSA) is 99.2 Å². The third-order valence-corrected chi connectivity index (χ3v) is 7.33.